The zero-order chi connectivity index (χ0) is 22.2. The first-order chi connectivity index (χ1) is 14.7. The third kappa shape index (κ3) is 4.25. The fourth-order valence-corrected chi connectivity index (χ4v) is 3.31. The first kappa shape index (κ1) is 20.5. The summed E-state index contributed by atoms with van der Waals surface area (Å²) < 4.78 is 43.3. The Balaban J connectivity index is 1.64. The van der Waals surface area contributed by atoms with Gasteiger partial charge in [0, 0.05) is 12.7 Å². The van der Waals surface area contributed by atoms with Gasteiger partial charge in [0.25, 0.3) is 0 Å². The molecule has 3 aromatic rings. The molecule has 0 radical (unpaired) electrons. The van der Waals surface area contributed by atoms with Gasteiger partial charge in [0.15, 0.2) is 0 Å². The number of hydrogen-bond acceptors (Lipinski definition) is 6. The van der Waals surface area contributed by atoms with Gasteiger partial charge in [-0.15, -0.1) is 13.2 Å². The molecule has 8 nitrogen and oxygen atoms in total. The van der Waals surface area contributed by atoms with Crippen LogP contribution in [0.1, 0.15) is 17.0 Å². The van der Waals surface area contributed by atoms with E-state index in [2.05, 4.69) is 20.0 Å². The second-order valence-electron chi connectivity index (χ2n) is 6.86. The van der Waals surface area contributed by atoms with Crippen molar-refractivity contribution < 1.29 is 23.0 Å². The van der Waals surface area contributed by atoms with Crippen LogP contribution in [0.3, 0.4) is 0 Å². The van der Waals surface area contributed by atoms with Gasteiger partial charge < -0.3 is 15.2 Å². The summed E-state index contributed by atoms with van der Waals surface area (Å²) in [6.07, 6.45) is -3.20. The molecule has 162 valence electrons. The SMILES string of the molecule is Cc1c(O)n(-c2ccc(OC(F)(F)F)cc2)c(=O)n1Cc1ccnc(C2=NCCN2)c1. The van der Waals surface area contributed by atoms with Crippen LogP contribution in [-0.2, 0) is 6.54 Å². The van der Waals surface area contributed by atoms with E-state index >= 15 is 0 Å². The van der Waals surface area contributed by atoms with Crippen LogP contribution in [0.5, 0.6) is 11.6 Å². The number of amidine groups is 1. The van der Waals surface area contributed by atoms with Crippen molar-refractivity contribution in [3.63, 3.8) is 0 Å². The fraction of sp³-hybridized carbons (Fsp3) is 0.250. The number of nitrogens with zero attached hydrogens (tertiary/aromatic N) is 4. The summed E-state index contributed by atoms with van der Waals surface area (Å²) in [7, 11) is 0. The molecule has 0 bridgehead atoms. The highest BCUT2D eigenvalue weighted by Crippen LogP contribution is 2.26. The fourth-order valence-electron chi connectivity index (χ4n) is 3.31. The molecule has 1 aliphatic rings. The van der Waals surface area contributed by atoms with Gasteiger partial charge in [-0.25, -0.2) is 9.36 Å². The van der Waals surface area contributed by atoms with Crippen molar-refractivity contribution in [3.05, 3.63) is 70.0 Å². The summed E-state index contributed by atoms with van der Waals surface area (Å²) in [5, 5.41) is 13.6. The molecule has 0 saturated carbocycles. The number of rotatable bonds is 5. The van der Waals surface area contributed by atoms with Crippen LogP contribution < -0.4 is 15.7 Å². The van der Waals surface area contributed by atoms with Crippen LogP contribution in [0, 0.1) is 6.92 Å². The van der Waals surface area contributed by atoms with Crippen LogP contribution >= 0.6 is 0 Å². The van der Waals surface area contributed by atoms with E-state index in [0.717, 1.165) is 28.8 Å². The Morgan fingerprint density at radius 3 is 2.61 bits per heavy atom. The lowest BCUT2D eigenvalue weighted by molar-refractivity contribution is -0.274. The van der Waals surface area contributed by atoms with Crippen molar-refractivity contribution in [2.45, 2.75) is 19.8 Å². The maximum Gasteiger partial charge on any atom is 0.573 e. The molecule has 0 unspecified atom stereocenters. The largest absolute Gasteiger partial charge is 0.573 e. The summed E-state index contributed by atoms with van der Waals surface area (Å²) in [6, 6.07) is 8.24. The molecule has 0 saturated heterocycles. The normalized spacial score (nSPS) is 13.7. The van der Waals surface area contributed by atoms with E-state index < -0.39 is 17.8 Å². The Morgan fingerprint density at radius 1 is 1.23 bits per heavy atom. The van der Waals surface area contributed by atoms with E-state index in [0.29, 0.717) is 23.8 Å². The number of aliphatic imine (C=N–C) groups is 1. The molecule has 11 heteroatoms. The second kappa shape index (κ2) is 7.82. The van der Waals surface area contributed by atoms with Crippen molar-refractivity contribution >= 4 is 5.84 Å². The molecule has 31 heavy (non-hydrogen) atoms. The average Bonchev–Trinajstić information content (AvgIpc) is 3.32. The van der Waals surface area contributed by atoms with Gasteiger partial charge >= 0.3 is 12.1 Å². The number of halogens is 3. The topological polar surface area (TPSA) is 93.7 Å². The minimum absolute atomic E-state index is 0.170. The van der Waals surface area contributed by atoms with Gasteiger partial charge in [0.05, 0.1) is 24.5 Å². The first-order valence-corrected chi connectivity index (χ1v) is 9.34. The monoisotopic (exact) mass is 433 g/mol. The molecular formula is C20H18F3N5O3. The van der Waals surface area contributed by atoms with Crippen molar-refractivity contribution in [2.24, 2.45) is 4.99 Å². The maximum atomic E-state index is 13.0. The number of hydrogen-bond donors (Lipinski definition) is 2. The van der Waals surface area contributed by atoms with Crippen LogP contribution in [0.4, 0.5) is 13.2 Å². The first-order valence-electron chi connectivity index (χ1n) is 9.34. The zero-order valence-electron chi connectivity index (χ0n) is 16.3. The molecule has 0 fully saturated rings. The molecule has 1 aromatic carbocycles. The molecular weight excluding hydrogens is 415 g/mol. The number of pyridine rings is 1. The highest BCUT2D eigenvalue weighted by atomic mass is 19.4. The van der Waals surface area contributed by atoms with E-state index in [1.165, 1.54) is 16.7 Å². The number of aromatic hydroxyl groups is 1. The van der Waals surface area contributed by atoms with Gasteiger partial charge in [-0.05, 0) is 48.9 Å². The lowest BCUT2D eigenvalue weighted by Crippen LogP contribution is -2.25. The Bertz CT molecular complexity index is 1200. The second-order valence-corrected chi connectivity index (χ2v) is 6.86. The van der Waals surface area contributed by atoms with Crippen LogP contribution in [0.15, 0.2) is 52.4 Å². The Morgan fingerprint density at radius 2 is 1.97 bits per heavy atom. The van der Waals surface area contributed by atoms with E-state index in [-0.39, 0.29) is 18.1 Å². The van der Waals surface area contributed by atoms with E-state index in [1.54, 1.807) is 25.3 Å². The highest BCUT2D eigenvalue weighted by molar-refractivity contribution is 5.98. The summed E-state index contributed by atoms with van der Waals surface area (Å²) in [4.78, 5) is 21.6. The molecule has 2 aromatic heterocycles. The summed E-state index contributed by atoms with van der Waals surface area (Å²) >= 11 is 0. The van der Waals surface area contributed by atoms with E-state index in [1.807, 2.05) is 0 Å². The molecule has 4 rings (SSSR count). The molecule has 2 N–H and O–H groups in total. The van der Waals surface area contributed by atoms with E-state index in [9.17, 15) is 23.1 Å². The number of benzene rings is 1. The quantitative estimate of drug-likeness (QED) is 0.644. The molecule has 0 aliphatic carbocycles. The molecule has 3 heterocycles. The van der Waals surface area contributed by atoms with E-state index in [4.69, 9.17) is 0 Å². The van der Waals surface area contributed by atoms with Crippen LogP contribution in [0.2, 0.25) is 0 Å². The Hall–Kier alpha value is -3.76. The van der Waals surface area contributed by atoms with Gasteiger partial charge in [0.1, 0.15) is 17.3 Å². The predicted molar refractivity (Wildman–Crippen MR) is 106 cm³/mol. The number of imidazole rings is 1. The predicted octanol–water partition coefficient (Wildman–Crippen LogP) is 2.34. The van der Waals surface area contributed by atoms with Gasteiger partial charge in [0.2, 0.25) is 5.88 Å². The van der Waals surface area contributed by atoms with Crippen molar-refractivity contribution in [1.29, 1.82) is 0 Å². The van der Waals surface area contributed by atoms with Crippen molar-refractivity contribution in [3.8, 4) is 17.3 Å². The van der Waals surface area contributed by atoms with Crippen molar-refractivity contribution in [2.75, 3.05) is 13.1 Å². The third-order valence-electron chi connectivity index (χ3n) is 4.77. The molecule has 1 aliphatic heterocycles. The summed E-state index contributed by atoms with van der Waals surface area (Å²) in [5.74, 6) is -0.0363. The van der Waals surface area contributed by atoms with Crippen molar-refractivity contribution in [1.82, 2.24) is 19.4 Å². The highest BCUT2D eigenvalue weighted by Gasteiger charge is 2.31. The zero-order valence-corrected chi connectivity index (χ0v) is 16.3. The minimum Gasteiger partial charge on any atom is -0.493 e. The number of aromatic nitrogens is 3. The van der Waals surface area contributed by atoms with Crippen LogP contribution in [0.25, 0.3) is 5.69 Å². The van der Waals surface area contributed by atoms with Gasteiger partial charge in [-0.2, -0.15) is 0 Å². The standard InChI is InChI=1S/C20H18F3N5O3/c1-12-18(29)28(14-2-4-15(5-3-14)31-20(21,22)23)19(30)27(12)11-13-6-7-24-16(10-13)17-25-8-9-26-17/h2-7,10,29H,8-9,11H2,1H3,(H,25,26). The van der Waals surface area contributed by atoms with Gasteiger partial charge in [-0.3, -0.25) is 14.5 Å². The lowest BCUT2D eigenvalue weighted by atomic mass is 10.2. The smallest absolute Gasteiger partial charge is 0.493 e. The number of ether oxygens (including phenoxy) is 1. The Kier molecular flexibility index (Phi) is 5.17. The molecule has 0 spiro atoms. The van der Waals surface area contributed by atoms with Crippen LogP contribution in [-0.4, -0.2) is 44.5 Å². The lowest BCUT2D eigenvalue weighted by Gasteiger charge is -2.09. The third-order valence-corrected chi connectivity index (χ3v) is 4.77. The number of alkyl halides is 3. The molecule has 0 amide bonds. The maximum absolute atomic E-state index is 13.0. The number of nitrogens with one attached hydrogen (secondary N) is 1. The minimum atomic E-state index is -4.82. The average molecular weight is 433 g/mol. The summed E-state index contributed by atoms with van der Waals surface area (Å²) in [6.45, 7) is 3.16. The van der Waals surface area contributed by atoms with Gasteiger partial charge in [-0.1, -0.05) is 0 Å². The molecule has 0 atom stereocenters. The summed E-state index contributed by atoms with van der Waals surface area (Å²) in [5.41, 5.74) is 1.42. The Labute approximate surface area is 174 Å².